The summed E-state index contributed by atoms with van der Waals surface area (Å²) in [7, 11) is 2.97. The van der Waals surface area contributed by atoms with Crippen molar-refractivity contribution in [3.8, 4) is 0 Å². The van der Waals surface area contributed by atoms with E-state index in [4.69, 9.17) is 0 Å². The molecule has 0 aliphatic heterocycles. The first-order chi connectivity index (χ1) is 12.3. The summed E-state index contributed by atoms with van der Waals surface area (Å²) in [5.74, 6) is 0.685. The number of hydrogen-bond acceptors (Lipinski definition) is 0. The monoisotopic (exact) mass is 505 g/mol. The summed E-state index contributed by atoms with van der Waals surface area (Å²) in [5, 5.41) is 5.39. The molecule has 0 saturated heterocycles. The van der Waals surface area contributed by atoms with Crippen molar-refractivity contribution in [1.82, 2.24) is 0 Å². The third kappa shape index (κ3) is 9.31. The predicted molar refractivity (Wildman–Crippen MR) is 115 cm³/mol. The molecule has 147 valence electrons. The average Bonchev–Trinajstić information content (AvgIpc) is 3.34. The van der Waals surface area contributed by atoms with Crippen LogP contribution in [0.1, 0.15) is 34.1 Å². The summed E-state index contributed by atoms with van der Waals surface area (Å²) in [5.41, 5.74) is 1.44. The standard InChI is InChI=1S/C13H9.C8H11.C2H6.CH3Si.2ClH.Zr/c1-3-7-12-10(5-1)9-11-6-2-4-8-13(11)12;1-7(2)8-5-3-4-6-8;2*1-2;;;/h1-9H;5-7H,3H2,1-2H3;1-2H3;1H3;2*1H;/q2*-1;;;;;+4/p-2. The van der Waals surface area contributed by atoms with Gasteiger partial charge in [-0.3, -0.25) is 6.08 Å². The predicted octanol–water partition coefficient (Wildman–Crippen LogP) is 1.28. The zero-order valence-electron chi connectivity index (χ0n) is 17.4. The summed E-state index contributed by atoms with van der Waals surface area (Å²) < 4.78 is 0. The third-order valence-corrected chi connectivity index (χ3v) is 3.91. The van der Waals surface area contributed by atoms with Gasteiger partial charge in [-0.25, -0.2) is 6.08 Å². The van der Waals surface area contributed by atoms with E-state index in [0.29, 0.717) is 5.92 Å². The van der Waals surface area contributed by atoms with Crippen molar-refractivity contribution < 1.29 is 51.0 Å². The molecule has 4 rings (SSSR count). The second-order valence-electron chi connectivity index (χ2n) is 5.73. The molecule has 3 radical (unpaired) electrons. The fourth-order valence-corrected chi connectivity index (χ4v) is 2.72. The van der Waals surface area contributed by atoms with Crippen molar-refractivity contribution in [3.05, 3.63) is 78.4 Å². The van der Waals surface area contributed by atoms with E-state index in [-0.39, 0.29) is 51.0 Å². The largest absolute Gasteiger partial charge is 4.00 e. The van der Waals surface area contributed by atoms with Gasteiger partial charge in [0, 0.05) is 10.2 Å². The van der Waals surface area contributed by atoms with E-state index >= 15 is 0 Å². The summed E-state index contributed by atoms with van der Waals surface area (Å²) in [6.07, 6.45) is 8.47. The van der Waals surface area contributed by atoms with E-state index in [2.05, 4.69) is 96.9 Å². The Morgan fingerprint density at radius 1 is 0.857 bits per heavy atom. The number of rotatable bonds is 1. The molecular formula is C24H29Cl2SiZr. The van der Waals surface area contributed by atoms with Gasteiger partial charge in [-0.2, -0.15) is 11.6 Å². The molecule has 0 heterocycles. The van der Waals surface area contributed by atoms with Crippen molar-refractivity contribution in [1.29, 1.82) is 0 Å². The van der Waals surface area contributed by atoms with Gasteiger partial charge in [0.05, 0.1) is 0 Å². The van der Waals surface area contributed by atoms with Gasteiger partial charge >= 0.3 is 26.2 Å². The number of fused-ring (bicyclic) bond motifs is 3. The molecule has 28 heavy (non-hydrogen) atoms. The topological polar surface area (TPSA) is 0 Å². The van der Waals surface area contributed by atoms with Crippen LogP contribution in [-0.4, -0.2) is 10.2 Å². The number of benzene rings is 2. The summed E-state index contributed by atoms with van der Waals surface area (Å²) in [6, 6.07) is 19.3. The fraction of sp³-hybridized carbons (Fsp3) is 0.292. The molecule has 3 aromatic carbocycles. The van der Waals surface area contributed by atoms with Gasteiger partial charge in [-0.05, 0) is 0 Å². The normalized spacial score (nSPS) is 10.6. The molecule has 0 amide bonds. The SMILES string of the molecule is CC.CC(C)C1=CC[C-]=C1.C[Si].[Cl-].[Cl-].[Zr+4].c1ccc2c(c1)[cH-]c1ccccc12. The fourth-order valence-electron chi connectivity index (χ4n) is 2.72. The van der Waals surface area contributed by atoms with Gasteiger partial charge in [0.1, 0.15) is 0 Å². The molecule has 0 unspecified atom stereocenters. The van der Waals surface area contributed by atoms with Crippen LogP contribution < -0.4 is 24.8 Å². The number of allylic oxidation sites excluding steroid dienone is 4. The van der Waals surface area contributed by atoms with Crippen LogP contribution in [0, 0.1) is 12.0 Å². The first-order valence-corrected chi connectivity index (χ1v) is 10.1. The summed E-state index contributed by atoms with van der Waals surface area (Å²) >= 11 is 0. The zero-order valence-corrected chi connectivity index (χ0v) is 22.4. The molecule has 0 saturated carbocycles. The Morgan fingerprint density at radius 3 is 1.61 bits per heavy atom. The van der Waals surface area contributed by atoms with E-state index < -0.39 is 0 Å². The second kappa shape index (κ2) is 18.5. The van der Waals surface area contributed by atoms with Gasteiger partial charge < -0.3 is 24.8 Å². The van der Waals surface area contributed by atoms with Crippen LogP contribution in [0.15, 0.2) is 72.3 Å². The molecule has 0 spiro atoms. The Balaban J connectivity index is -0.000000369. The Kier molecular flexibility index (Phi) is 21.2. The third-order valence-electron chi connectivity index (χ3n) is 3.91. The van der Waals surface area contributed by atoms with Crippen molar-refractivity contribution in [2.45, 2.75) is 40.7 Å². The van der Waals surface area contributed by atoms with Crippen molar-refractivity contribution >= 4 is 31.8 Å². The molecule has 0 nitrogen and oxygen atoms in total. The van der Waals surface area contributed by atoms with E-state index in [1.807, 2.05) is 13.8 Å². The Hall–Kier alpha value is -0.530. The van der Waals surface area contributed by atoms with Crippen LogP contribution >= 0.6 is 0 Å². The minimum Gasteiger partial charge on any atom is -1.00 e. The first-order valence-electron chi connectivity index (χ1n) is 9.05. The molecule has 3 aromatic rings. The van der Waals surface area contributed by atoms with Gasteiger partial charge in [-0.1, -0.05) is 76.6 Å². The minimum atomic E-state index is 0. The summed E-state index contributed by atoms with van der Waals surface area (Å²) in [4.78, 5) is 0. The van der Waals surface area contributed by atoms with Crippen molar-refractivity contribution in [2.24, 2.45) is 5.92 Å². The second-order valence-corrected chi connectivity index (χ2v) is 5.73. The Bertz CT molecular complexity index is 769. The van der Waals surface area contributed by atoms with Gasteiger partial charge in [0.15, 0.2) is 0 Å². The molecule has 0 fully saturated rings. The Morgan fingerprint density at radius 2 is 1.29 bits per heavy atom. The van der Waals surface area contributed by atoms with Crippen LogP contribution in [0.25, 0.3) is 21.5 Å². The summed E-state index contributed by atoms with van der Waals surface area (Å²) in [6.45, 7) is 10.2. The molecule has 1 aliphatic carbocycles. The quantitative estimate of drug-likeness (QED) is 0.344. The smallest absolute Gasteiger partial charge is 1.00 e. The number of hydrogen-bond donors (Lipinski definition) is 0. The van der Waals surface area contributed by atoms with Crippen molar-refractivity contribution in [2.75, 3.05) is 0 Å². The first kappa shape index (κ1) is 32.1. The maximum absolute atomic E-state index is 3.14. The van der Waals surface area contributed by atoms with Crippen LogP contribution in [-0.2, 0) is 26.2 Å². The maximum atomic E-state index is 3.14. The zero-order chi connectivity index (χ0) is 18.7. The number of halogens is 2. The van der Waals surface area contributed by atoms with Gasteiger partial charge in [-0.15, -0.1) is 46.2 Å². The van der Waals surface area contributed by atoms with Crippen LogP contribution in [0.5, 0.6) is 0 Å². The molecule has 0 N–H and O–H groups in total. The van der Waals surface area contributed by atoms with E-state index in [1.54, 1.807) is 6.55 Å². The Labute approximate surface area is 206 Å². The molecule has 0 atom stereocenters. The molecule has 4 heteroatoms. The van der Waals surface area contributed by atoms with E-state index in [9.17, 15) is 0 Å². The molecule has 1 aliphatic rings. The van der Waals surface area contributed by atoms with Crippen LogP contribution in [0.4, 0.5) is 0 Å². The average molecular weight is 508 g/mol. The van der Waals surface area contributed by atoms with E-state index in [1.165, 1.54) is 27.1 Å². The molecule has 0 aromatic heterocycles. The maximum Gasteiger partial charge on any atom is 4.00 e. The van der Waals surface area contributed by atoms with Crippen LogP contribution in [0.2, 0.25) is 6.55 Å². The minimum absolute atomic E-state index is 0. The molecular weight excluding hydrogens is 478 g/mol. The van der Waals surface area contributed by atoms with Crippen LogP contribution in [0.3, 0.4) is 0 Å². The van der Waals surface area contributed by atoms with E-state index in [0.717, 1.165) is 6.42 Å². The molecule has 0 bridgehead atoms. The van der Waals surface area contributed by atoms with Gasteiger partial charge in [0.25, 0.3) is 0 Å². The van der Waals surface area contributed by atoms with Gasteiger partial charge in [0.2, 0.25) is 0 Å². The van der Waals surface area contributed by atoms with Crippen molar-refractivity contribution in [3.63, 3.8) is 0 Å².